The topological polar surface area (TPSA) is 219 Å². The molecule has 4 aliphatic carbocycles. The number of H-pyrrole nitrogens is 2. The van der Waals surface area contributed by atoms with Gasteiger partial charge in [-0.05, 0) is 119 Å². The average Bonchev–Trinajstić information content (AvgIpc) is 4.03. The van der Waals surface area contributed by atoms with Crippen LogP contribution < -0.4 is 21.3 Å². The van der Waals surface area contributed by atoms with Gasteiger partial charge in [-0.3, -0.25) is 15.0 Å². The standard InChI is InChI=1S/C22H27N5O3.C22H28N4O3/c1-13(2)24-21(28)30-18-6-4-14(8-18)19-9-20(27-26-19)25-17-5-3-15-10-22(29,12-23)11-16(15)7-17;1-13(2)23-22(28)29-19-8-5-16(11-19)20-12-21(26-25-20)24-17-6-3-15-10-18(27)7-4-14(15)9-17/h3,5,7,9,13-14,18,29H,4,6,8,10-11H2,1-2H3,(H,24,28)(H2,25,26,27);3,6,9,12-13,16,19H,4-5,7-8,10-11H2,1-2H3,(H,23,28)(H2,24,25,26)/t14-,18+,22?;16-,19+/m00/s1. The number of carbonyl (C=O) groups excluding carboxylic acids is 3. The first kappa shape index (κ1) is 41.3. The van der Waals surface area contributed by atoms with Crippen molar-refractivity contribution in [3.8, 4) is 6.07 Å². The molecule has 0 saturated heterocycles. The number of aromatic nitrogens is 4. The Kier molecular flexibility index (Phi) is 12.6. The highest BCUT2D eigenvalue weighted by atomic mass is 16.6. The van der Waals surface area contributed by atoms with Gasteiger partial charge < -0.3 is 35.8 Å². The molecule has 2 amide bonds. The summed E-state index contributed by atoms with van der Waals surface area (Å²) in [5.41, 5.74) is 6.99. The highest BCUT2D eigenvalue weighted by molar-refractivity contribution is 5.83. The second-order valence-corrected chi connectivity index (χ2v) is 17.0. The minimum absolute atomic E-state index is 0.0539. The number of aromatic amines is 2. The van der Waals surface area contributed by atoms with Crippen molar-refractivity contribution in [3.63, 3.8) is 0 Å². The Bertz CT molecular complexity index is 2190. The van der Waals surface area contributed by atoms with Crippen molar-refractivity contribution >= 4 is 41.0 Å². The number of benzene rings is 2. The molecule has 0 bridgehead atoms. The molecule has 4 aromatic rings. The Morgan fingerprint density at radius 3 is 1.78 bits per heavy atom. The fraction of sp³-hybridized carbons (Fsp3) is 0.500. The summed E-state index contributed by atoms with van der Waals surface area (Å²) < 4.78 is 11.0. The Balaban J connectivity index is 0.000000179. The van der Waals surface area contributed by atoms with Crippen LogP contribution in [0, 0.1) is 11.3 Å². The van der Waals surface area contributed by atoms with Crippen LogP contribution in [0.3, 0.4) is 0 Å². The number of aryl methyl sites for hydroxylation is 1. The molecule has 0 aliphatic heterocycles. The van der Waals surface area contributed by atoms with Crippen molar-refractivity contribution in [2.45, 2.75) is 140 Å². The number of rotatable bonds is 10. The van der Waals surface area contributed by atoms with Crippen LogP contribution in [0.5, 0.6) is 0 Å². The molecule has 2 fully saturated rings. The summed E-state index contributed by atoms with van der Waals surface area (Å²) in [7, 11) is 0. The second kappa shape index (κ2) is 17.9. The zero-order chi connectivity index (χ0) is 41.7. The van der Waals surface area contributed by atoms with Gasteiger partial charge in [0.1, 0.15) is 18.0 Å². The number of anilines is 4. The smallest absolute Gasteiger partial charge is 0.407 e. The molecule has 0 radical (unpaired) electrons. The molecule has 312 valence electrons. The molecule has 2 heterocycles. The molecule has 5 atom stereocenters. The largest absolute Gasteiger partial charge is 0.446 e. The number of fused-ring (bicyclic) bond motifs is 2. The van der Waals surface area contributed by atoms with Gasteiger partial charge >= 0.3 is 12.2 Å². The van der Waals surface area contributed by atoms with Gasteiger partial charge in [0.05, 0.1) is 6.07 Å². The van der Waals surface area contributed by atoms with E-state index in [-0.39, 0.29) is 42.4 Å². The molecule has 59 heavy (non-hydrogen) atoms. The van der Waals surface area contributed by atoms with Crippen molar-refractivity contribution in [1.29, 1.82) is 5.26 Å². The van der Waals surface area contributed by atoms with Crippen LogP contribution in [0.4, 0.5) is 32.6 Å². The van der Waals surface area contributed by atoms with E-state index in [9.17, 15) is 19.5 Å². The number of ketones is 1. The summed E-state index contributed by atoms with van der Waals surface area (Å²) in [5.74, 6) is 2.38. The van der Waals surface area contributed by atoms with Crippen LogP contribution in [0.25, 0.3) is 0 Å². The first-order chi connectivity index (χ1) is 28.3. The number of aliphatic hydroxyl groups is 1. The fourth-order valence-electron chi connectivity index (χ4n) is 8.51. The summed E-state index contributed by atoms with van der Waals surface area (Å²) in [6.45, 7) is 7.64. The molecule has 4 aliphatic rings. The summed E-state index contributed by atoms with van der Waals surface area (Å²) in [6, 6.07) is 18.1. The summed E-state index contributed by atoms with van der Waals surface area (Å²) in [5, 5.41) is 46.5. The van der Waals surface area contributed by atoms with Gasteiger partial charge in [0, 0.05) is 84.5 Å². The van der Waals surface area contributed by atoms with E-state index >= 15 is 0 Å². The molecular formula is C44H55N9O6. The van der Waals surface area contributed by atoms with Crippen molar-refractivity contribution in [1.82, 2.24) is 31.0 Å². The van der Waals surface area contributed by atoms with E-state index in [1.165, 1.54) is 5.56 Å². The van der Waals surface area contributed by atoms with Gasteiger partial charge in [-0.2, -0.15) is 15.5 Å². The minimum atomic E-state index is -1.30. The second-order valence-electron chi connectivity index (χ2n) is 17.0. The highest BCUT2D eigenvalue weighted by Crippen LogP contribution is 2.38. The van der Waals surface area contributed by atoms with Crippen LogP contribution >= 0.6 is 0 Å². The van der Waals surface area contributed by atoms with Crippen molar-refractivity contribution in [3.05, 3.63) is 82.2 Å². The highest BCUT2D eigenvalue weighted by Gasteiger charge is 2.35. The van der Waals surface area contributed by atoms with Gasteiger partial charge in [0.15, 0.2) is 17.2 Å². The lowest BCUT2D eigenvalue weighted by Gasteiger charge is -2.16. The predicted molar refractivity (Wildman–Crippen MR) is 222 cm³/mol. The number of nitrogens with one attached hydrogen (secondary N) is 6. The molecule has 2 saturated carbocycles. The van der Waals surface area contributed by atoms with Crippen LogP contribution in [0.2, 0.25) is 0 Å². The van der Waals surface area contributed by atoms with Gasteiger partial charge in [-0.15, -0.1) is 0 Å². The molecule has 2 aromatic heterocycles. The van der Waals surface area contributed by atoms with Crippen molar-refractivity contribution < 1.29 is 29.0 Å². The normalized spacial score (nSPS) is 23.1. The lowest BCUT2D eigenvalue weighted by molar-refractivity contribution is -0.118. The Labute approximate surface area is 344 Å². The van der Waals surface area contributed by atoms with E-state index in [1.54, 1.807) is 0 Å². The van der Waals surface area contributed by atoms with Crippen molar-refractivity contribution in [2.75, 3.05) is 10.6 Å². The van der Waals surface area contributed by atoms with Gasteiger partial charge in [0.2, 0.25) is 0 Å². The number of amides is 2. The predicted octanol–water partition coefficient (Wildman–Crippen LogP) is 7.26. The minimum Gasteiger partial charge on any atom is -0.446 e. The maximum absolute atomic E-state index is 11.8. The maximum atomic E-state index is 11.8. The number of hydrogen-bond donors (Lipinski definition) is 7. The number of Topliss-reactive ketones (excluding diaryl/α,β-unsaturated/α-hetero) is 1. The van der Waals surface area contributed by atoms with Gasteiger partial charge in [-0.1, -0.05) is 12.1 Å². The lowest BCUT2D eigenvalue weighted by Crippen LogP contribution is -2.33. The third kappa shape index (κ3) is 10.8. The molecule has 8 rings (SSSR count). The van der Waals surface area contributed by atoms with E-state index < -0.39 is 5.60 Å². The van der Waals surface area contributed by atoms with Crippen LogP contribution in [-0.4, -0.2) is 73.4 Å². The summed E-state index contributed by atoms with van der Waals surface area (Å²) >= 11 is 0. The lowest BCUT2D eigenvalue weighted by atomic mass is 9.90. The van der Waals surface area contributed by atoms with E-state index in [1.807, 2.05) is 76.2 Å². The molecule has 7 N–H and O–H groups in total. The fourth-order valence-corrected chi connectivity index (χ4v) is 8.51. The van der Waals surface area contributed by atoms with E-state index in [0.29, 0.717) is 43.2 Å². The van der Waals surface area contributed by atoms with E-state index in [2.05, 4.69) is 47.7 Å². The van der Waals surface area contributed by atoms with Crippen molar-refractivity contribution in [2.24, 2.45) is 0 Å². The van der Waals surface area contributed by atoms with Crippen LogP contribution in [0.15, 0.2) is 48.5 Å². The summed E-state index contributed by atoms with van der Waals surface area (Å²) in [6.07, 6.45) is 7.04. The SMILES string of the molecule is CC(C)NC(=O)O[C@@H]1CC[C@H](c2cc(Nc3ccc4c(c3)CC(O)(C#N)C4)n[nH]2)C1.CC(C)NC(=O)O[C@@H]1CC[C@H](c2cc(Nc3ccc4c(c3)CCC(=O)C4)n[nH]2)C1. The molecule has 1 unspecified atom stereocenters. The quantitative estimate of drug-likeness (QED) is 0.0791. The number of carbonyl (C=O) groups is 3. The zero-order valence-corrected chi connectivity index (χ0v) is 34.2. The molecule has 2 aromatic carbocycles. The number of nitrogens with zero attached hydrogens (tertiary/aromatic N) is 3. The Morgan fingerprint density at radius 1 is 0.746 bits per heavy atom. The third-order valence-corrected chi connectivity index (χ3v) is 11.4. The summed E-state index contributed by atoms with van der Waals surface area (Å²) in [4.78, 5) is 35.2. The monoisotopic (exact) mass is 805 g/mol. The number of alkyl carbamates (subject to hydrolysis) is 2. The number of hydrogen-bond acceptors (Lipinski definition) is 11. The zero-order valence-electron chi connectivity index (χ0n) is 34.2. The van der Waals surface area contributed by atoms with Gasteiger partial charge in [-0.25, -0.2) is 9.59 Å². The Morgan fingerprint density at radius 2 is 1.25 bits per heavy atom. The first-order valence-corrected chi connectivity index (χ1v) is 20.8. The molecule has 15 nitrogen and oxygen atoms in total. The van der Waals surface area contributed by atoms with Crippen LogP contribution in [-0.2, 0) is 40.0 Å². The third-order valence-electron chi connectivity index (χ3n) is 11.4. The van der Waals surface area contributed by atoms with Crippen LogP contribution in [0.1, 0.15) is 118 Å². The average molecular weight is 806 g/mol. The Hall–Kier alpha value is -5.88. The first-order valence-electron chi connectivity index (χ1n) is 20.8. The molecule has 15 heteroatoms. The van der Waals surface area contributed by atoms with E-state index in [0.717, 1.165) is 90.2 Å². The van der Waals surface area contributed by atoms with E-state index in [4.69, 9.17) is 14.7 Å². The maximum Gasteiger partial charge on any atom is 0.407 e. The number of ether oxygens (including phenoxy) is 2. The molecular weight excluding hydrogens is 751 g/mol. The van der Waals surface area contributed by atoms with Gasteiger partial charge in [0.25, 0.3) is 0 Å². The molecule has 0 spiro atoms. The number of nitriles is 1.